The minimum Gasteiger partial charge on any atom is -0.484 e. The lowest BCUT2D eigenvalue weighted by Gasteiger charge is -2.31. The van der Waals surface area contributed by atoms with Crippen molar-refractivity contribution in [2.24, 2.45) is 11.8 Å². The zero-order valence-electron chi connectivity index (χ0n) is 12.2. The molecule has 0 aliphatic carbocycles. The Hall–Kier alpha value is -2.08. The highest BCUT2D eigenvalue weighted by molar-refractivity contribution is 5.81. The first-order valence-corrected chi connectivity index (χ1v) is 7.08. The number of nitrogens with zero attached hydrogens (tertiary/aromatic N) is 1. The van der Waals surface area contributed by atoms with E-state index in [9.17, 15) is 9.59 Å². The van der Waals surface area contributed by atoms with Crippen LogP contribution in [-0.2, 0) is 9.59 Å². The van der Waals surface area contributed by atoms with Gasteiger partial charge in [-0.25, -0.2) is 5.84 Å². The smallest absolute Gasteiger partial charge is 0.260 e. The van der Waals surface area contributed by atoms with Gasteiger partial charge in [-0.2, -0.15) is 0 Å². The van der Waals surface area contributed by atoms with Crippen LogP contribution < -0.4 is 16.0 Å². The number of hydrazine groups is 1. The summed E-state index contributed by atoms with van der Waals surface area (Å²) < 4.78 is 5.51. The lowest BCUT2D eigenvalue weighted by atomic mass is 9.97. The molecule has 1 aromatic rings. The molecule has 21 heavy (non-hydrogen) atoms. The van der Waals surface area contributed by atoms with Gasteiger partial charge in [-0.05, 0) is 37.5 Å². The van der Waals surface area contributed by atoms with Gasteiger partial charge < -0.3 is 9.64 Å². The lowest BCUT2D eigenvalue weighted by Crippen LogP contribution is -2.48. The van der Waals surface area contributed by atoms with Gasteiger partial charge in [0, 0.05) is 13.1 Å². The van der Waals surface area contributed by atoms with Gasteiger partial charge in [0.1, 0.15) is 5.75 Å². The summed E-state index contributed by atoms with van der Waals surface area (Å²) in [6.07, 6.45) is 1.56. The van der Waals surface area contributed by atoms with Crippen LogP contribution in [-0.4, -0.2) is 36.4 Å². The van der Waals surface area contributed by atoms with Gasteiger partial charge in [0.25, 0.3) is 5.91 Å². The number of likely N-dealkylation sites (tertiary alicyclic amines) is 1. The van der Waals surface area contributed by atoms with Crippen LogP contribution in [0.4, 0.5) is 0 Å². The number of amides is 2. The van der Waals surface area contributed by atoms with Crippen molar-refractivity contribution < 1.29 is 14.3 Å². The van der Waals surface area contributed by atoms with Gasteiger partial charge in [-0.15, -0.1) is 0 Å². The first kappa shape index (κ1) is 15.3. The molecular weight excluding hydrogens is 270 g/mol. The molecular formula is C15H21N3O3. The Morgan fingerprint density at radius 2 is 2.29 bits per heavy atom. The zero-order chi connectivity index (χ0) is 15.2. The van der Waals surface area contributed by atoms with Crippen LogP contribution >= 0.6 is 0 Å². The summed E-state index contributed by atoms with van der Waals surface area (Å²) in [4.78, 5) is 25.4. The van der Waals surface area contributed by atoms with E-state index in [-0.39, 0.29) is 24.3 Å². The minimum atomic E-state index is -0.230. The first-order valence-electron chi connectivity index (χ1n) is 7.08. The van der Waals surface area contributed by atoms with Crippen LogP contribution in [0, 0.1) is 12.8 Å². The fourth-order valence-corrected chi connectivity index (χ4v) is 2.48. The maximum absolute atomic E-state index is 12.2. The van der Waals surface area contributed by atoms with Crippen molar-refractivity contribution in [3.8, 4) is 5.75 Å². The highest BCUT2D eigenvalue weighted by atomic mass is 16.5. The number of nitrogens with two attached hydrogens (primary N) is 1. The van der Waals surface area contributed by atoms with Gasteiger partial charge in [0.2, 0.25) is 5.91 Å². The van der Waals surface area contributed by atoms with Crippen LogP contribution in [0.25, 0.3) is 0 Å². The second kappa shape index (κ2) is 7.08. The number of rotatable bonds is 4. The molecule has 6 nitrogen and oxygen atoms in total. The zero-order valence-corrected chi connectivity index (χ0v) is 12.2. The third kappa shape index (κ3) is 4.19. The standard InChI is InChI=1S/C15H21N3O3/c1-11-4-2-6-13(8-11)21-10-14(19)18-7-3-5-12(9-18)15(20)17-16/h2,4,6,8,12H,3,5,7,9-10,16H2,1H3,(H,17,20). The molecule has 1 saturated heterocycles. The molecule has 1 heterocycles. The molecule has 1 aliphatic rings. The second-order valence-electron chi connectivity index (χ2n) is 5.29. The topological polar surface area (TPSA) is 84.7 Å². The molecule has 0 bridgehead atoms. The Labute approximate surface area is 124 Å². The summed E-state index contributed by atoms with van der Waals surface area (Å²) in [5.41, 5.74) is 3.23. The van der Waals surface area contributed by atoms with Crippen molar-refractivity contribution in [1.29, 1.82) is 0 Å². The molecule has 0 aromatic heterocycles. The van der Waals surface area contributed by atoms with E-state index in [1.54, 1.807) is 4.90 Å². The highest BCUT2D eigenvalue weighted by Crippen LogP contribution is 2.17. The average molecular weight is 291 g/mol. The first-order chi connectivity index (χ1) is 10.1. The fourth-order valence-electron chi connectivity index (χ4n) is 2.48. The van der Waals surface area contributed by atoms with E-state index in [1.165, 1.54) is 0 Å². The van der Waals surface area contributed by atoms with Crippen molar-refractivity contribution in [3.63, 3.8) is 0 Å². The summed E-state index contributed by atoms with van der Waals surface area (Å²) >= 11 is 0. The molecule has 1 unspecified atom stereocenters. The highest BCUT2D eigenvalue weighted by Gasteiger charge is 2.28. The lowest BCUT2D eigenvalue weighted by molar-refractivity contribution is -0.137. The molecule has 1 fully saturated rings. The van der Waals surface area contributed by atoms with E-state index >= 15 is 0 Å². The summed E-state index contributed by atoms with van der Waals surface area (Å²) in [6, 6.07) is 7.56. The van der Waals surface area contributed by atoms with Crippen molar-refractivity contribution in [1.82, 2.24) is 10.3 Å². The van der Waals surface area contributed by atoms with Crippen molar-refractivity contribution in [3.05, 3.63) is 29.8 Å². The summed E-state index contributed by atoms with van der Waals surface area (Å²) in [5.74, 6) is 5.27. The Morgan fingerprint density at radius 3 is 3.00 bits per heavy atom. The normalized spacial score (nSPS) is 18.2. The number of hydrogen-bond donors (Lipinski definition) is 2. The quantitative estimate of drug-likeness (QED) is 0.483. The second-order valence-corrected chi connectivity index (χ2v) is 5.29. The van der Waals surface area contributed by atoms with E-state index < -0.39 is 0 Å². The molecule has 1 atom stereocenters. The number of ether oxygens (including phenoxy) is 1. The van der Waals surface area contributed by atoms with E-state index in [0.717, 1.165) is 18.4 Å². The van der Waals surface area contributed by atoms with Gasteiger partial charge in [0.05, 0.1) is 5.92 Å². The van der Waals surface area contributed by atoms with E-state index in [0.29, 0.717) is 18.8 Å². The van der Waals surface area contributed by atoms with Crippen LogP contribution in [0.15, 0.2) is 24.3 Å². The SMILES string of the molecule is Cc1cccc(OCC(=O)N2CCCC(C(=O)NN)C2)c1. The predicted octanol–water partition coefficient (Wildman–Crippen LogP) is 0.602. The van der Waals surface area contributed by atoms with Gasteiger partial charge in [0.15, 0.2) is 6.61 Å². The van der Waals surface area contributed by atoms with Gasteiger partial charge in [-0.1, -0.05) is 12.1 Å². The molecule has 114 valence electrons. The van der Waals surface area contributed by atoms with E-state index in [2.05, 4.69) is 5.43 Å². The van der Waals surface area contributed by atoms with Crippen molar-refractivity contribution in [2.45, 2.75) is 19.8 Å². The maximum atomic E-state index is 12.2. The molecule has 1 aromatic carbocycles. The third-order valence-corrected chi connectivity index (χ3v) is 3.64. The van der Waals surface area contributed by atoms with Gasteiger partial charge in [-0.3, -0.25) is 15.0 Å². The molecule has 1 aliphatic heterocycles. The third-order valence-electron chi connectivity index (χ3n) is 3.64. The number of nitrogens with one attached hydrogen (secondary N) is 1. The Kier molecular flexibility index (Phi) is 5.16. The van der Waals surface area contributed by atoms with Crippen LogP contribution in [0.3, 0.4) is 0 Å². The summed E-state index contributed by atoms with van der Waals surface area (Å²) in [7, 11) is 0. The minimum absolute atomic E-state index is 0.0135. The van der Waals surface area contributed by atoms with Crippen molar-refractivity contribution in [2.75, 3.05) is 19.7 Å². The summed E-state index contributed by atoms with van der Waals surface area (Å²) in [5, 5.41) is 0. The predicted molar refractivity (Wildman–Crippen MR) is 78.3 cm³/mol. The van der Waals surface area contributed by atoms with Crippen LogP contribution in [0.5, 0.6) is 5.75 Å². The molecule has 3 N–H and O–H groups in total. The Morgan fingerprint density at radius 1 is 1.48 bits per heavy atom. The van der Waals surface area contributed by atoms with E-state index in [4.69, 9.17) is 10.6 Å². The molecule has 0 spiro atoms. The molecule has 2 rings (SSSR count). The maximum Gasteiger partial charge on any atom is 0.260 e. The van der Waals surface area contributed by atoms with Gasteiger partial charge >= 0.3 is 0 Å². The number of carbonyl (C=O) groups excluding carboxylic acids is 2. The molecule has 2 amide bonds. The van der Waals surface area contributed by atoms with Crippen LogP contribution in [0.1, 0.15) is 18.4 Å². The fraction of sp³-hybridized carbons (Fsp3) is 0.467. The number of piperidine rings is 1. The number of aryl methyl sites for hydroxylation is 1. The van der Waals surface area contributed by atoms with Crippen molar-refractivity contribution >= 4 is 11.8 Å². The number of benzene rings is 1. The van der Waals surface area contributed by atoms with Crippen LogP contribution in [0.2, 0.25) is 0 Å². The van der Waals surface area contributed by atoms with E-state index in [1.807, 2.05) is 31.2 Å². The summed E-state index contributed by atoms with van der Waals surface area (Å²) in [6.45, 7) is 3.01. The molecule has 0 saturated carbocycles. The molecule has 0 radical (unpaired) electrons. The molecule has 6 heteroatoms. The monoisotopic (exact) mass is 291 g/mol. The Bertz CT molecular complexity index is 519. The average Bonchev–Trinajstić information content (AvgIpc) is 2.52. The number of hydrogen-bond acceptors (Lipinski definition) is 4. The number of carbonyl (C=O) groups is 2. The largest absolute Gasteiger partial charge is 0.484 e. The Balaban J connectivity index is 1.86.